The van der Waals surface area contributed by atoms with Crippen LogP contribution in [0, 0.1) is 5.82 Å². The normalized spacial score (nSPS) is 11.0. The quantitative estimate of drug-likeness (QED) is 0.686. The third kappa shape index (κ3) is 3.85. The van der Waals surface area contributed by atoms with Crippen LogP contribution in [0.2, 0.25) is 5.02 Å². The van der Waals surface area contributed by atoms with E-state index in [2.05, 4.69) is 10.1 Å². The van der Waals surface area contributed by atoms with Crippen molar-refractivity contribution in [1.29, 1.82) is 0 Å². The lowest BCUT2D eigenvalue weighted by Gasteiger charge is -2.04. The maximum atomic E-state index is 13.5. The molecule has 3 rings (SSSR count). The Bertz CT molecular complexity index is 973. The van der Waals surface area contributed by atoms with Crippen LogP contribution in [0.15, 0.2) is 44.6 Å². The lowest BCUT2D eigenvalue weighted by Crippen LogP contribution is -2.40. The topological polar surface area (TPSA) is 82.9 Å². The van der Waals surface area contributed by atoms with Crippen LogP contribution in [0.1, 0.15) is 17.3 Å². The Hall–Kier alpha value is -2.74. The molecule has 130 valence electrons. The van der Waals surface area contributed by atoms with Crippen LogP contribution in [-0.2, 0) is 26.4 Å². The number of rotatable bonds is 5. The predicted molar refractivity (Wildman–Crippen MR) is 88.2 cm³/mol. The monoisotopic (exact) mass is 364 g/mol. The molecule has 0 bridgehead atoms. The number of halogens is 2. The summed E-state index contributed by atoms with van der Waals surface area (Å²) in [5, 5.41) is 4.48. The molecule has 3 aromatic rings. The van der Waals surface area contributed by atoms with Gasteiger partial charge in [-0.05, 0) is 24.1 Å². The molecule has 0 aliphatic rings. The fourth-order valence-corrected chi connectivity index (χ4v) is 2.45. The second-order valence-electron chi connectivity index (χ2n) is 5.49. The van der Waals surface area contributed by atoms with Gasteiger partial charge in [-0.3, -0.25) is 4.79 Å². The van der Waals surface area contributed by atoms with Gasteiger partial charge in [0.15, 0.2) is 5.82 Å². The van der Waals surface area contributed by atoms with Crippen molar-refractivity contribution in [3.8, 4) is 0 Å². The average molecular weight is 365 g/mol. The van der Waals surface area contributed by atoms with E-state index in [-0.39, 0.29) is 12.4 Å². The third-order valence-electron chi connectivity index (χ3n) is 3.64. The summed E-state index contributed by atoms with van der Waals surface area (Å²) in [4.78, 5) is 27.9. The van der Waals surface area contributed by atoms with E-state index in [0.717, 1.165) is 16.3 Å². The largest absolute Gasteiger partial charge is 0.337 e. The molecule has 0 unspecified atom stereocenters. The molecular weight excluding hydrogens is 351 g/mol. The molecule has 0 atom stereocenters. The molecule has 0 amide bonds. The molecule has 0 N–H and O–H groups in total. The molecular formula is C16H14ClFN4O3. The zero-order chi connectivity index (χ0) is 18.0. The zero-order valence-corrected chi connectivity index (χ0v) is 14.0. The first-order valence-electron chi connectivity index (χ1n) is 7.46. The number of benzene rings is 1. The van der Waals surface area contributed by atoms with Crippen molar-refractivity contribution in [1.82, 2.24) is 19.3 Å². The van der Waals surface area contributed by atoms with Crippen LogP contribution in [0.25, 0.3) is 0 Å². The molecule has 0 fully saturated rings. The predicted octanol–water partition coefficient (Wildman–Crippen LogP) is 1.56. The lowest BCUT2D eigenvalue weighted by molar-refractivity contribution is 0.359. The first-order chi connectivity index (χ1) is 11.9. The van der Waals surface area contributed by atoms with E-state index < -0.39 is 17.1 Å². The van der Waals surface area contributed by atoms with Gasteiger partial charge in [0.05, 0.1) is 0 Å². The maximum Gasteiger partial charge on any atom is 0.331 e. The van der Waals surface area contributed by atoms with Gasteiger partial charge >= 0.3 is 5.69 Å². The summed E-state index contributed by atoms with van der Waals surface area (Å²) in [5.41, 5.74) is -0.623. The summed E-state index contributed by atoms with van der Waals surface area (Å²) in [6, 6.07) is 7.40. The van der Waals surface area contributed by atoms with E-state index in [4.69, 9.17) is 16.1 Å². The van der Waals surface area contributed by atoms with Gasteiger partial charge in [0, 0.05) is 24.7 Å². The molecule has 0 radical (unpaired) electrons. The minimum atomic E-state index is -1.02. The fourth-order valence-electron chi connectivity index (χ4n) is 2.32. The zero-order valence-electron chi connectivity index (χ0n) is 13.3. The number of hydrogen-bond acceptors (Lipinski definition) is 5. The second kappa shape index (κ2) is 7.02. The van der Waals surface area contributed by atoms with Crippen molar-refractivity contribution in [2.75, 3.05) is 0 Å². The number of aryl methyl sites for hydroxylation is 3. The summed E-state index contributed by atoms with van der Waals surface area (Å²) in [6.45, 7) is -0.281. The smallest absolute Gasteiger partial charge is 0.331 e. The van der Waals surface area contributed by atoms with E-state index in [1.807, 2.05) is 12.1 Å². The Morgan fingerprint density at radius 1 is 1.20 bits per heavy atom. The third-order valence-corrected chi connectivity index (χ3v) is 3.90. The van der Waals surface area contributed by atoms with Crippen LogP contribution < -0.4 is 11.2 Å². The first-order valence-corrected chi connectivity index (χ1v) is 7.83. The molecule has 0 aliphatic carbocycles. The average Bonchev–Trinajstić information content (AvgIpc) is 3.04. The van der Waals surface area contributed by atoms with Gasteiger partial charge < -0.3 is 9.09 Å². The molecule has 0 saturated heterocycles. The van der Waals surface area contributed by atoms with Crippen molar-refractivity contribution >= 4 is 11.6 Å². The lowest BCUT2D eigenvalue weighted by atomic mass is 10.1. The Balaban J connectivity index is 1.73. The van der Waals surface area contributed by atoms with Crippen molar-refractivity contribution in [2.45, 2.75) is 19.4 Å². The van der Waals surface area contributed by atoms with Crippen molar-refractivity contribution < 1.29 is 8.91 Å². The van der Waals surface area contributed by atoms with Crippen LogP contribution in [-0.4, -0.2) is 19.3 Å². The van der Waals surface area contributed by atoms with Gasteiger partial charge in [-0.25, -0.2) is 9.36 Å². The van der Waals surface area contributed by atoms with Gasteiger partial charge in [0.1, 0.15) is 6.54 Å². The van der Waals surface area contributed by atoms with Crippen molar-refractivity contribution in [2.24, 2.45) is 7.05 Å². The Kier molecular flexibility index (Phi) is 4.80. The van der Waals surface area contributed by atoms with Gasteiger partial charge in [-0.2, -0.15) is 9.37 Å². The van der Waals surface area contributed by atoms with Gasteiger partial charge in [0.2, 0.25) is 11.7 Å². The summed E-state index contributed by atoms with van der Waals surface area (Å²) in [6.07, 6.45) is 2.03. The van der Waals surface area contributed by atoms with E-state index in [0.29, 0.717) is 28.3 Å². The van der Waals surface area contributed by atoms with Crippen molar-refractivity contribution in [3.63, 3.8) is 0 Å². The fraction of sp³-hybridized carbons (Fsp3) is 0.250. The van der Waals surface area contributed by atoms with Crippen LogP contribution >= 0.6 is 11.6 Å². The van der Waals surface area contributed by atoms with E-state index in [1.165, 1.54) is 7.05 Å². The molecule has 0 saturated carbocycles. The first kappa shape index (κ1) is 17.1. The molecule has 2 aromatic heterocycles. The van der Waals surface area contributed by atoms with E-state index >= 15 is 0 Å². The SMILES string of the molecule is Cn1cc(F)c(=O)n(Cc2nc(CCc3ccc(Cl)cc3)no2)c1=O. The summed E-state index contributed by atoms with van der Waals surface area (Å²) >= 11 is 5.84. The minimum absolute atomic E-state index is 0.0657. The molecule has 2 heterocycles. The highest BCUT2D eigenvalue weighted by molar-refractivity contribution is 6.30. The Morgan fingerprint density at radius 3 is 2.64 bits per heavy atom. The maximum absolute atomic E-state index is 13.5. The highest BCUT2D eigenvalue weighted by atomic mass is 35.5. The highest BCUT2D eigenvalue weighted by Gasteiger charge is 2.14. The molecule has 1 aromatic carbocycles. The van der Waals surface area contributed by atoms with Crippen molar-refractivity contribution in [3.05, 3.63) is 79.4 Å². The number of nitrogens with zero attached hydrogens (tertiary/aromatic N) is 4. The van der Waals surface area contributed by atoms with Gasteiger partial charge in [0.25, 0.3) is 5.56 Å². The summed E-state index contributed by atoms with van der Waals surface area (Å²) in [5.74, 6) is -0.522. The number of aromatic nitrogens is 4. The van der Waals surface area contributed by atoms with Crippen LogP contribution in [0.5, 0.6) is 0 Å². The Morgan fingerprint density at radius 2 is 1.92 bits per heavy atom. The standard InChI is InChI=1S/C16H14ClFN4O3/c1-21-8-12(18)15(23)22(16(21)24)9-14-19-13(20-25-14)7-4-10-2-5-11(17)6-3-10/h2-3,5-6,8H,4,7,9H2,1H3. The molecule has 0 spiro atoms. The van der Waals surface area contributed by atoms with Crippen LogP contribution in [0.4, 0.5) is 4.39 Å². The summed E-state index contributed by atoms with van der Waals surface area (Å²) in [7, 11) is 1.35. The summed E-state index contributed by atoms with van der Waals surface area (Å²) < 4.78 is 20.2. The molecule has 0 aliphatic heterocycles. The minimum Gasteiger partial charge on any atom is -0.337 e. The van der Waals surface area contributed by atoms with Gasteiger partial charge in [-0.15, -0.1) is 0 Å². The van der Waals surface area contributed by atoms with Gasteiger partial charge in [-0.1, -0.05) is 28.9 Å². The number of hydrogen-bond donors (Lipinski definition) is 0. The molecule has 25 heavy (non-hydrogen) atoms. The Labute approximate surface area is 146 Å². The molecule has 7 nitrogen and oxygen atoms in total. The van der Waals surface area contributed by atoms with E-state index in [1.54, 1.807) is 12.1 Å². The second-order valence-corrected chi connectivity index (χ2v) is 5.93. The van der Waals surface area contributed by atoms with E-state index in [9.17, 15) is 14.0 Å². The molecule has 9 heteroatoms. The highest BCUT2D eigenvalue weighted by Crippen LogP contribution is 2.11. The van der Waals surface area contributed by atoms with Crippen LogP contribution in [0.3, 0.4) is 0 Å².